The molecule has 2 aromatic rings. The van der Waals surface area contributed by atoms with Gasteiger partial charge in [-0.15, -0.1) is 0 Å². The number of hydrogen-bond acceptors (Lipinski definition) is 5. The number of aromatic nitrogens is 2. The third kappa shape index (κ3) is 5.96. The normalized spacial score (nSPS) is 13.6. The van der Waals surface area contributed by atoms with Crippen LogP contribution >= 0.6 is 0 Å². The van der Waals surface area contributed by atoms with Gasteiger partial charge in [0.15, 0.2) is 11.5 Å². The van der Waals surface area contributed by atoms with Crippen molar-refractivity contribution in [3.63, 3.8) is 0 Å². The lowest BCUT2D eigenvalue weighted by atomic mass is 9.97. The molecule has 1 aromatic heterocycles. The number of carbonyl (C=O) groups excluding carboxylic acids is 1. The number of nitrogens with zero attached hydrogens (tertiary/aromatic N) is 2. The molecule has 31 heavy (non-hydrogen) atoms. The molecular weight excluding hydrogens is 431 g/mol. The quantitative estimate of drug-likeness (QED) is 0.509. The van der Waals surface area contributed by atoms with Gasteiger partial charge in [-0.1, -0.05) is 6.07 Å². The number of halogens is 5. The van der Waals surface area contributed by atoms with Gasteiger partial charge < -0.3 is 29.8 Å². The molecule has 0 saturated heterocycles. The molecule has 0 fully saturated rings. The first-order valence-electron chi connectivity index (χ1n) is 8.88. The van der Waals surface area contributed by atoms with E-state index in [-0.39, 0.29) is 18.0 Å². The van der Waals surface area contributed by atoms with Crippen molar-refractivity contribution in [2.24, 2.45) is 7.05 Å². The summed E-state index contributed by atoms with van der Waals surface area (Å²) < 4.78 is 75.2. The van der Waals surface area contributed by atoms with Crippen molar-refractivity contribution in [3.05, 3.63) is 42.0 Å². The van der Waals surface area contributed by atoms with Crippen molar-refractivity contribution in [2.75, 3.05) is 13.7 Å². The number of ether oxygens (including phenoxy) is 2. The highest BCUT2D eigenvalue weighted by atomic mass is 19.4. The van der Waals surface area contributed by atoms with Crippen LogP contribution in [0.25, 0.3) is 0 Å². The second kappa shape index (κ2) is 9.81. The number of nitrogens with one attached hydrogen (secondary N) is 2. The summed E-state index contributed by atoms with van der Waals surface area (Å²) in [4.78, 5) is 15.5. The monoisotopic (exact) mass is 452 g/mol. The van der Waals surface area contributed by atoms with Crippen LogP contribution in [0.3, 0.4) is 0 Å². The number of benzene rings is 1. The predicted octanol–water partition coefficient (Wildman–Crippen LogP) is 2.67. The molecule has 0 aliphatic rings. The third-order valence-corrected chi connectivity index (χ3v) is 4.33. The Kier molecular flexibility index (Phi) is 7.65. The van der Waals surface area contributed by atoms with Crippen LogP contribution in [-0.4, -0.2) is 47.1 Å². The number of aryl methyl sites for hydroxylation is 1. The first-order valence-corrected chi connectivity index (χ1v) is 8.88. The summed E-state index contributed by atoms with van der Waals surface area (Å²) in [6.07, 6.45) is -3.48. The van der Waals surface area contributed by atoms with Gasteiger partial charge in [0.25, 0.3) is 0 Å². The molecule has 1 heterocycles. The molecule has 0 aliphatic carbocycles. The zero-order valence-corrected chi connectivity index (χ0v) is 16.5. The second-order valence-electron chi connectivity index (χ2n) is 6.44. The number of hydrogen-bond donors (Lipinski definition) is 3. The SMILES string of the molecule is COc1cc(CNC(=O)NCCC(O)(c2nccn2C)C(F)(F)F)ccc1OC(F)F. The summed E-state index contributed by atoms with van der Waals surface area (Å²) in [5.41, 5.74) is -2.78. The Morgan fingerprint density at radius 1 is 1.26 bits per heavy atom. The summed E-state index contributed by atoms with van der Waals surface area (Å²) in [7, 11) is 2.56. The molecule has 172 valence electrons. The molecule has 0 spiro atoms. The molecule has 1 aromatic carbocycles. The van der Waals surface area contributed by atoms with Gasteiger partial charge >= 0.3 is 18.8 Å². The number of methoxy groups -OCH3 is 1. The van der Waals surface area contributed by atoms with Gasteiger partial charge in [0.05, 0.1) is 7.11 Å². The molecule has 0 saturated carbocycles. The van der Waals surface area contributed by atoms with Crippen molar-refractivity contribution in [1.82, 2.24) is 20.2 Å². The average Bonchev–Trinajstić information content (AvgIpc) is 3.12. The van der Waals surface area contributed by atoms with Gasteiger partial charge in [0.2, 0.25) is 5.60 Å². The summed E-state index contributed by atoms with van der Waals surface area (Å²) in [5.74, 6) is -0.767. The first-order chi connectivity index (χ1) is 14.5. The number of amides is 2. The van der Waals surface area contributed by atoms with Crippen LogP contribution in [0, 0.1) is 0 Å². The lowest BCUT2D eigenvalue weighted by Crippen LogP contribution is -2.47. The Morgan fingerprint density at radius 3 is 2.52 bits per heavy atom. The zero-order chi connectivity index (χ0) is 23.2. The van der Waals surface area contributed by atoms with Crippen LogP contribution in [0.4, 0.5) is 26.7 Å². The average molecular weight is 452 g/mol. The lowest BCUT2D eigenvalue weighted by Gasteiger charge is -2.29. The molecule has 0 bridgehead atoms. The van der Waals surface area contributed by atoms with Crippen LogP contribution in [0.5, 0.6) is 11.5 Å². The Balaban J connectivity index is 1.92. The lowest BCUT2D eigenvalue weighted by molar-refractivity contribution is -0.272. The van der Waals surface area contributed by atoms with E-state index in [1.54, 1.807) is 0 Å². The molecule has 3 N–H and O–H groups in total. The van der Waals surface area contributed by atoms with Crippen LogP contribution in [0.2, 0.25) is 0 Å². The van der Waals surface area contributed by atoms with Gasteiger partial charge in [-0.3, -0.25) is 0 Å². The highest BCUT2D eigenvalue weighted by Gasteiger charge is 2.57. The summed E-state index contributed by atoms with van der Waals surface area (Å²) in [6, 6.07) is 3.21. The van der Waals surface area contributed by atoms with E-state index in [4.69, 9.17) is 4.74 Å². The Bertz CT molecular complexity index is 890. The topological polar surface area (TPSA) is 97.6 Å². The van der Waals surface area contributed by atoms with Gasteiger partial charge in [0, 0.05) is 39.0 Å². The number of alkyl halides is 5. The van der Waals surface area contributed by atoms with Crippen molar-refractivity contribution in [3.8, 4) is 11.5 Å². The number of imidazole rings is 1. The number of rotatable bonds is 9. The fourth-order valence-corrected chi connectivity index (χ4v) is 2.76. The minimum absolute atomic E-state index is 0.0188. The summed E-state index contributed by atoms with van der Waals surface area (Å²) in [5, 5.41) is 14.8. The molecule has 2 amide bonds. The van der Waals surface area contributed by atoms with E-state index in [1.807, 2.05) is 0 Å². The van der Waals surface area contributed by atoms with Gasteiger partial charge in [-0.25, -0.2) is 9.78 Å². The van der Waals surface area contributed by atoms with Crippen LogP contribution < -0.4 is 20.1 Å². The van der Waals surface area contributed by atoms with E-state index in [2.05, 4.69) is 20.4 Å². The minimum Gasteiger partial charge on any atom is -0.493 e. The Hall–Kier alpha value is -3.09. The molecule has 0 aliphatic heterocycles. The van der Waals surface area contributed by atoms with Crippen molar-refractivity contribution in [1.29, 1.82) is 0 Å². The molecule has 2 rings (SSSR count). The number of carbonyl (C=O) groups is 1. The molecule has 0 radical (unpaired) electrons. The summed E-state index contributed by atoms with van der Waals surface area (Å²) in [6.45, 7) is -3.61. The zero-order valence-electron chi connectivity index (χ0n) is 16.5. The maximum atomic E-state index is 13.4. The van der Waals surface area contributed by atoms with Gasteiger partial charge in [-0.05, 0) is 17.7 Å². The van der Waals surface area contributed by atoms with Gasteiger partial charge in [-0.2, -0.15) is 22.0 Å². The number of urea groups is 1. The van der Waals surface area contributed by atoms with Crippen molar-refractivity contribution >= 4 is 6.03 Å². The van der Waals surface area contributed by atoms with Crippen LogP contribution in [0.15, 0.2) is 30.6 Å². The standard InChI is InChI=1S/C18H21F5N4O4/c1-27-8-7-24-14(27)17(29,18(21,22)23)5-6-25-16(28)26-10-11-3-4-12(31-15(19)20)13(9-11)30-2/h3-4,7-9,15,29H,5-6,10H2,1-2H3,(H2,25,26,28). The molecule has 13 heteroatoms. The number of aliphatic hydroxyl groups is 1. The van der Waals surface area contributed by atoms with Crippen LogP contribution in [-0.2, 0) is 19.2 Å². The fourth-order valence-electron chi connectivity index (χ4n) is 2.76. The van der Waals surface area contributed by atoms with E-state index in [9.17, 15) is 31.9 Å². The Labute approximate surface area is 174 Å². The maximum Gasteiger partial charge on any atom is 0.424 e. The molecule has 1 unspecified atom stereocenters. The molecular formula is C18H21F5N4O4. The Morgan fingerprint density at radius 2 is 1.97 bits per heavy atom. The van der Waals surface area contributed by atoms with Gasteiger partial charge in [0.1, 0.15) is 5.82 Å². The molecule has 8 nitrogen and oxygen atoms in total. The van der Waals surface area contributed by atoms with E-state index in [1.165, 1.54) is 38.6 Å². The smallest absolute Gasteiger partial charge is 0.424 e. The minimum atomic E-state index is -5.01. The highest BCUT2D eigenvalue weighted by Crippen LogP contribution is 2.40. The maximum absolute atomic E-state index is 13.4. The largest absolute Gasteiger partial charge is 0.493 e. The van der Waals surface area contributed by atoms with E-state index in [0.717, 1.165) is 10.8 Å². The highest BCUT2D eigenvalue weighted by molar-refractivity contribution is 5.73. The summed E-state index contributed by atoms with van der Waals surface area (Å²) >= 11 is 0. The second-order valence-corrected chi connectivity index (χ2v) is 6.44. The van der Waals surface area contributed by atoms with E-state index in [0.29, 0.717) is 5.56 Å². The van der Waals surface area contributed by atoms with Crippen LogP contribution in [0.1, 0.15) is 17.8 Å². The van der Waals surface area contributed by atoms with Crippen molar-refractivity contribution < 1.29 is 41.3 Å². The first kappa shape index (κ1) is 24.2. The van der Waals surface area contributed by atoms with Crippen molar-refractivity contribution in [2.45, 2.75) is 31.4 Å². The molecule has 1 atom stereocenters. The van der Waals surface area contributed by atoms with E-state index < -0.39 is 43.2 Å². The fraction of sp³-hybridized carbons (Fsp3) is 0.444. The van der Waals surface area contributed by atoms with E-state index >= 15 is 0 Å². The predicted molar refractivity (Wildman–Crippen MR) is 97.6 cm³/mol. The third-order valence-electron chi connectivity index (χ3n) is 4.33.